The summed E-state index contributed by atoms with van der Waals surface area (Å²) in [6.07, 6.45) is 0.577. The molecule has 1 aliphatic heterocycles. The fourth-order valence-electron chi connectivity index (χ4n) is 2.57. The Morgan fingerprint density at radius 3 is 2.11 bits per heavy atom. The lowest BCUT2D eigenvalue weighted by Crippen LogP contribution is -2.41. The highest BCUT2D eigenvalue weighted by Crippen LogP contribution is 1.98. The summed E-state index contributed by atoms with van der Waals surface area (Å²) >= 11 is 0. The lowest BCUT2D eigenvalue weighted by Gasteiger charge is -2.24. The molecule has 0 radical (unpaired) electrons. The van der Waals surface area contributed by atoms with Crippen LogP contribution < -0.4 is 10.6 Å². The van der Waals surface area contributed by atoms with Gasteiger partial charge in [0, 0.05) is 49.6 Å². The summed E-state index contributed by atoms with van der Waals surface area (Å²) in [5.74, 6) is -1.94. The smallest absolute Gasteiger partial charge is 0.319 e. The third kappa shape index (κ3) is 11.2. The van der Waals surface area contributed by atoms with Gasteiger partial charge in [0.25, 0.3) is 11.8 Å². The van der Waals surface area contributed by atoms with Gasteiger partial charge in [-0.2, -0.15) is 0 Å². The van der Waals surface area contributed by atoms with Crippen LogP contribution in [-0.2, 0) is 19.1 Å². The van der Waals surface area contributed by atoms with Crippen molar-refractivity contribution in [3.05, 3.63) is 9.81 Å². The van der Waals surface area contributed by atoms with Crippen LogP contribution in [0.5, 0.6) is 0 Å². The van der Waals surface area contributed by atoms with Crippen LogP contribution in [0.3, 0.4) is 0 Å². The van der Waals surface area contributed by atoms with E-state index in [1.54, 1.807) is 9.80 Å². The summed E-state index contributed by atoms with van der Waals surface area (Å²) in [5.41, 5.74) is 0. The molecule has 1 rings (SSSR count). The van der Waals surface area contributed by atoms with Gasteiger partial charge in [-0.3, -0.25) is 24.2 Å². The van der Waals surface area contributed by atoms with Gasteiger partial charge in [0.15, 0.2) is 0 Å². The van der Waals surface area contributed by atoms with Crippen LogP contribution in [-0.4, -0.2) is 99.6 Å². The number of nitrogens with zero attached hydrogens (tertiary/aromatic N) is 4. The van der Waals surface area contributed by atoms with E-state index in [0.29, 0.717) is 45.7 Å². The zero-order valence-electron chi connectivity index (χ0n) is 15.2. The predicted molar refractivity (Wildman–Crippen MR) is 95.8 cm³/mol. The van der Waals surface area contributed by atoms with E-state index >= 15 is 0 Å². The largest absolute Gasteiger partial charge is 0.463 e. The summed E-state index contributed by atoms with van der Waals surface area (Å²) in [5, 5.41) is 10.9. The Morgan fingerprint density at radius 1 is 0.889 bits per heavy atom. The molecule has 27 heavy (non-hydrogen) atoms. The Bertz CT molecular complexity index is 517. The number of rotatable bonds is 4. The quantitative estimate of drug-likeness (QED) is 0.423. The average Bonchev–Trinajstić information content (AvgIpc) is 2.65. The van der Waals surface area contributed by atoms with E-state index in [-0.39, 0.29) is 32.8 Å². The van der Waals surface area contributed by atoms with Crippen molar-refractivity contribution in [2.45, 2.75) is 6.42 Å². The Labute approximate surface area is 156 Å². The van der Waals surface area contributed by atoms with Gasteiger partial charge < -0.3 is 15.4 Å². The van der Waals surface area contributed by atoms with Gasteiger partial charge in [-0.15, -0.1) is 9.81 Å². The SMILES string of the molecule is O=NC(=O)CN1CCCN(CC(=O)N=O)CCOC(=O)CNCCNCC1. The summed E-state index contributed by atoms with van der Waals surface area (Å²) in [7, 11) is 0. The standard InChI is InChI=1S/C15H26N6O6/c22-13(18-25)11-20-5-1-6-21(12-14(23)19-26)8-9-27-15(24)10-17-3-2-16-4-7-20/h16-17H,1-12H2. The first-order valence-corrected chi connectivity index (χ1v) is 8.79. The van der Waals surface area contributed by atoms with E-state index in [2.05, 4.69) is 21.0 Å². The zero-order chi connectivity index (χ0) is 19.9. The topological polar surface area (TPSA) is 150 Å². The fourth-order valence-corrected chi connectivity index (χ4v) is 2.57. The highest BCUT2D eigenvalue weighted by atomic mass is 16.5. The highest BCUT2D eigenvalue weighted by molar-refractivity contribution is 5.79. The average molecular weight is 386 g/mol. The molecule has 1 aliphatic rings. The van der Waals surface area contributed by atoms with Crippen LogP contribution in [0.1, 0.15) is 6.42 Å². The van der Waals surface area contributed by atoms with Crippen molar-refractivity contribution in [3.8, 4) is 0 Å². The van der Waals surface area contributed by atoms with Gasteiger partial charge in [0.05, 0.1) is 19.6 Å². The lowest BCUT2D eigenvalue weighted by molar-refractivity contribution is -0.143. The number of esters is 1. The minimum atomic E-state index is -0.807. The predicted octanol–water partition coefficient (Wildman–Crippen LogP) is -1.70. The van der Waals surface area contributed by atoms with Crippen molar-refractivity contribution in [1.82, 2.24) is 20.4 Å². The minimum absolute atomic E-state index is 0.0716. The molecule has 1 heterocycles. The molecule has 2 N–H and O–H groups in total. The molecular weight excluding hydrogens is 360 g/mol. The van der Waals surface area contributed by atoms with Crippen molar-refractivity contribution in [2.24, 2.45) is 10.4 Å². The number of amides is 2. The van der Waals surface area contributed by atoms with Crippen LogP contribution in [0.2, 0.25) is 0 Å². The summed E-state index contributed by atoms with van der Waals surface area (Å²) < 4.78 is 5.09. The Kier molecular flexibility index (Phi) is 11.8. The van der Waals surface area contributed by atoms with Gasteiger partial charge in [-0.25, -0.2) is 0 Å². The van der Waals surface area contributed by atoms with Crippen molar-refractivity contribution < 1.29 is 19.1 Å². The highest BCUT2D eigenvalue weighted by Gasteiger charge is 2.15. The molecule has 12 nitrogen and oxygen atoms in total. The molecule has 1 saturated heterocycles. The van der Waals surface area contributed by atoms with Gasteiger partial charge in [0.1, 0.15) is 6.61 Å². The molecule has 0 unspecified atom stereocenters. The third-order valence-corrected chi connectivity index (χ3v) is 3.89. The summed E-state index contributed by atoms with van der Waals surface area (Å²) in [6, 6.07) is 0. The second kappa shape index (κ2) is 14.0. The van der Waals surface area contributed by atoms with Gasteiger partial charge in [-0.05, 0) is 13.0 Å². The number of carbonyl (C=O) groups is 3. The number of carbonyl (C=O) groups excluding carboxylic acids is 3. The molecule has 12 heteroatoms. The first kappa shape index (κ1) is 22.9. The summed E-state index contributed by atoms with van der Waals surface area (Å²) in [4.78, 5) is 58.4. The van der Waals surface area contributed by atoms with E-state index in [0.717, 1.165) is 0 Å². The monoisotopic (exact) mass is 386 g/mol. The van der Waals surface area contributed by atoms with Gasteiger partial charge in [0.2, 0.25) is 0 Å². The molecule has 0 aromatic rings. The van der Waals surface area contributed by atoms with Crippen LogP contribution in [0.25, 0.3) is 0 Å². The number of cyclic esters (lactones) is 1. The molecule has 0 bridgehead atoms. The maximum absolute atomic E-state index is 11.6. The Hall–Kier alpha value is -2.15. The maximum atomic E-state index is 11.6. The molecule has 152 valence electrons. The molecule has 0 aliphatic carbocycles. The van der Waals surface area contributed by atoms with E-state index < -0.39 is 17.8 Å². The van der Waals surface area contributed by atoms with Crippen LogP contribution in [0.4, 0.5) is 0 Å². The van der Waals surface area contributed by atoms with E-state index in [4.69, 9.17) is 4.74 Å². The summed E-state index contributed by atoms with van der Waals surface area (Å²) in [6.45, 7) is 3.46. The molecule has 2 amide bonds. The molecule has 0 saturated carbocycles. The number of hydrogen-bond donors (Lipinski definition) is 2. The van der Waals surface area contributed by atoms with Crippen LogP contribution in [0, 0.1) is 9.81 Å². The molecule has 0 spiro atoms. The van der Waals surface area contributed by atoms with Crippen molar-refractivity contribution >= 4 is 17.8 Å². The van der Waals surface area contributed by atoms with Crippen molar-refractivity contribution in [2.75, 3.05) is 72.1 Å². The van der Waals surface area contributed by atoms with E-state index in [9.17, 15) is 24.2 Å². The molecule has 0 aromatic carbocycles. The third-order valence-electron chi connectivity index (χ3n) is 3.89. The van der Waals surface area contributed by atoms with Crippen LogP contribution in [0.15, 0.2) is 10.4 Å². The molecule has 0 atom stereocenters. The van der Waals surface area contributed by atoms with Gasteiger partial charge in [-0.1, -0.05) is 0 Å². The Morgan fingerprint density at radius 2 is 1.48 bits per heavy atom. The molecule has 0 aromatic heterocycles. The number of hydrogen-bond acceptors (Lipinski definition) is 10. The number of nitroso groups, excluding NO2 is 2. The van der Waals surface area contributed by atoms with Gasteiger partial charge >= 0.3 is 5.97 Å². The lowest BCUT2D eigenvalue weighted by atomic mass is 10.3. The van der Waals surface area contributed by atoms with Crippen molar-refractivity contribution in [1.29, 1.82) is 0 Å². The number of nitrogens with one attached hydrogen (secondary N) is 2. The van der Waals surface area contributed by atoms with Crippen molar-refractivity contribution in [3.63, 3.8) is 0 Å². The molecule has 1 fully saturated rings. The van der Waals surface area contributed by atoms with Crippen LogP contribution >= 0.6 is 0 Å². The van der Waals surface area contributed by atoms with E-state index in [1.165, 1.54) is 0 Å². The second-order valence-corrected chi connectivity index (χ2v) is 6.02. The maximum Gasteiger partial charge on any atom is 0.319 e. The first-order valence-electron chi connectivity index (χ1n) is 8.79. The molecular formula is C15H26N6O6. The second-order valence-electron chi connectivity index (χ2n) is 6.02. The first-order chi connectivity index (χ1) is 13.0. The van der Waals surface area contributed by atoms with E-state index in [1.807, 2.05) is 0 Å². The fraction of sp³-hybridized carbons (Fsp3) is 0.800. The normalized spacial score (nSPS) is 19.8. The number of ether oxygens (including phenoxy) is 1. The zero-order valence-corrected chi connectivity index (χ0v) is 15.2. The Balaban J connectivity index is 2.64. The minimum Gasteiger partial charge on any atom is -0.463 e.